The van der Waals surface area contributed by atoms with Crippen LogP contribution in [-0.4, -0.2) is 23.3 Å². The first-order valence-electron chi connectivity index (χ1n) is 4.91. The number of hydrogen-bond donors (Lipinski definition) is 1. The monoisotopic (exact) mass is 218 g/mol. The van der Waals surface area contributed by atoms with Crippen molar-refractivity contribution in [3.8, 4) is 0 Å². The molecule has 82 valence electrons. The Bertz CT molecular complexity index is 499. The highest BCUT2D eigenvalue weighted by molar-refractivity contribution is 6.25. The van der Waals surface area contributed by atoms with Gasteiger partial charge in [-0.05, 0) is 6.92 Å². The van der Waals surface area contributed by atoms with Crippen LogP contribution in [0.1, 0.15) is 27.6 Å². The van der Waals surface area contributed by atoms with Gasteiger partial charge in [-0.15, -0.1) is 0 Å². The van der Waals surface area contributed by atoms with Gasteiger partial charge < -0.3 is 9.84 Å². The third kappa shape index (κ3) is 1.39. The third-order valence-corrected chi connectivity index (χ3v) is 2.34. The molecule has 0 aromatic heterocycles. The summed E-state index contributed by atoms with van der Waals surface area (Å²) in [6.45, 7) is 1.90. The van der Waals surface area contributed by atoms with Gasteiger partial charge in [0.1, 0.15) is 0 Å². The van der Waals surface area contributed by atoms with Crippen LogP contribution in [0, 0.1) is 0 Å². The Labute approximate surface area is 92.2 Å². The molecule has 1 aliphatic carbocycles. The number of aliphatic hydroxyl groups excluding tert-OH is 1. The van der Waals surface area contributed by atoms with Crippen LogP contribution >= 0.6 is 0 Å². The number of carbonyl (C=O) groups excluding carboxylic acids is 2. The summed E-state index contributed by atoms with van der Waals surface area (Å²) >= 11 is 0. The molecular formula is C12H10O4. The molecule has 0 unspecified atom stereocenters. The summed E-state index contributed by atoms with van der Waals surface area (Å²) in [5, 5.41) is 9.57. The van der Waals surface area contributed by atoms with Crippen LogP contribution in [0.15, 0.2) is 35.8 Å². The Morgan fingerprint density at radius 2 is 1.69 bits per heavy atom. The number of ether oxygens (including phenoxy) is 1. The highest BCUT2D eigenvalue weighted by Gasteiger charge is 2.33. The fraction of sp³-hybridized carbons (Fsp3) is 0.167. The summed E-state index contributed by atoms with van der Waals surface area (Å²) < 4.78 is 4.99. The van der Waals surface area contributed by atoms with Crippen LogP contribution in [0.4, 0.5) is 0 Å². The summed E-state index contributed by atoms with van der Waals surface area (Å²) in [4.78, 5) is 23.6. The SMILES string of the molecule is CCOC1=C(O)C(=O)c2ccccc2C1=O. The summed E-state index contributed by atoms with van der Waals surface area (Å²) in [7, 11) is 0. The normalized spacial score (nSPS) is 15.1. The van der Waals surface area contributed by atoms with E-state index in [-0.39, 0.29) is 23.5 Å². The standard InChI is InChI=1S/C12H10O4/c1-2-16-12-10(14)8-6-4-3-5-7(8)9(13)11(12)15/h3-6,15H,2H2,1H3. The predicted octanol–water partition coefficient (Wildman–Crippen LogP) is 1.87. The van der Waals surface area contributed by atoms with Crippen molar-refractivity contribution in [3.05, 3.63) is 46.9 Å². The Kier molecular flexibility index (Phi) is 2.48. The van der Waals surface area contributed by atoms with Crippen LogP contribution < -0.4 is 0 Å². The van der Waals surface area contributed by atoms with Crippen molar-refractivity contribution in [1.29, 1.82) is 0 Å². The molecule has 1 aromatic carbocycles. The van der Waals surface area contributed by atoms with E-state index in [4.69, 9.17) is 4.74 Å². The van der Waals surface area contributed by atoms with E-state index in [1.165, 1.54) is 6.07 Å². The second kappa shape index (κ2) is 3.81. The molecule has 1 aliphatic rings. The van der Waals surface area contributed by atoms with Crippen molar-refractivity contribution in [2.24, 2.45) is 0 Å². The van der Waals surface area contributed by atoms with Crippen LogP contribution in [0.2, 0.25) is 0 Å². The Hall–Kier alpha value is -2.10. The molecule has 0 fully saturated rings. The summed E-state index contributed by atoms with van der Waals surface area (Å²) in [6.07, 6.45) is 0. The van der Waals surface area contributed by atoms with E-state index in [0.29, 0.717) is 0 Å². The van der Waals surface area contributed by atoms with Crippen molar-refractivity contribution in [2.45, 2.75) is 6.92 Å². The summed E-state index contributed by atoms with van der Waals surface area (Å²) in [5.41, 5.74) is 0.488. The van der Waals surface area contributed by atoms with E-state index >= 15 is 0 Å². The van der Waals surface area contributed by atoms with Gasteiger partial charge in [-0.2, -0.15) is 0 Å². The van der Waals surface area contributed by atoms with Crippen LogP contribution in [0.5, 0.6) is 0 Å². The molecule has 4 heteroatoms. The van der Waals surface area contributed by atoms with Crippen molar-refractivity contribution < 1.29 is 19.4 Å². The molecule has 16 heavy (non-hydrogen) atoms. The number of Topliss-reactive ketones (excluding diaryl/α,β-unsaturated/α-hetero) is 2. The van der Waals surface area contributed by atoms with Gasteiger partial charge in [-0.3, -0.25) is 9.59 Å². The molecule has 0 amide bonds. The second-order valence-corrected chi connectivity index (χ2v) is 3.31. The molecule has 0 radical (unpaired) electrons. The zero-order valence-electron chi connectivity index (χ0n) is 8.69. The molecule has 2 rings (SSSR count). The van der Waals surface area contributed by atoms with Crippen molar-refractivity contribution in [3.63, 3.8) is 0 Å². The number of aliphatic hydroxyl groups is 1. The van der Waals surface area contributed by atoms with Gasteiger partial charge in [0.2, 0.25) is 23.1 Å². The topological polar surface area (TPSA) is 63.6 Å². The molecule has 0 saturated heterocycles. The smallest absolute Gasteiger partial charge is 0.232 e. The van der Waals surface area contributed by atoms with E-state index in [9.17, 15) is 14.7 Å². The Morgan fingerprint density at radius 1 is 1.12 bits per heavy atom. The summed E-state index contributed by atoms with van der Waals surface area (Å²) in [5.74, 6) is -1.88. The fourth-order valence-corrected chi connectivity index (χ4v) is 1.62. The first-order valence-corrected chi connectivity index (χ1v) is 4.91. The van der Waals surface area contributed by atoms with Gasteiger partial charge in [-0.1, -0.05) is 24.3 Å². The first-order chi connectivity index (χ1) is 7.66. The maximum Gasteiger partial charge on any atom is 0.232 e. The maximum atomic E-state index is 11.9. The van der Waals surface area contributed by atoms with Crippen molar-refractivity contribution in [1.82, 2.24) is 0 Å². The minimum absolute atomic E-state index is 0.216. The molecule has 0 bridgehead atoms. The lowest BCUT2D eigenvalue weighted by Gasteiger charge is -2.16. The lowest BCUT2D eigenvalue weighted by atomic mass is 9.92. The molecule has 0 saturated carbocycles. The van der Waals surface area contributed by atoms with Gasteiger partial charge in [0.15, 0.2) is 0 Å². The number of ketones is 2. The number of allylic oxidation sites excluding steroid dienone is 2. The number of hydrogen-bond acceptors (Lipinski definition) is 4. The van der Waals surface area contributed by atoms with Gasteiger partial charge >= 0.3 is 0 Å². The minimum atomic E-state index is -0.606. The molecule has 1 aromatic rings. The van der Waals surface area contributed by atoms with Crippen molar-refractivity contribution in [2.75, 3.05) is 6.61 Å². The van der Waals surface area contributed by atoms with E-state index < -0.39 is 17.3 Å². The van der Waals surface area contributed by atoms with Crippen LogP contribution in [0.25, 0.3) is 0 Å². The zero-order valence-corrected chi connectivity index (χ0v) is 8.69. The lowest BCUT2D eigenvalue weighted by Crippen LogP contribution is -2.23. The number of carbonyl (C=O) groups is 2. The van der Waals surface area contributed by atoms with Crippen molar-refractivity contribution >= 4 is 11.6 Å². The van der Waals surface area contributed by atoms with E-state index in [1.807, 2.05) is 0 Å². The van der Waals surface area contributed by atoms with E-state index in [1.54, 1.807) is 25.1 Å². The molecular weight excluding hydrogens is 208 g/mol. The number of benzene rings is 1. The highest BCUT2D eigenvalue weighted by atomic mass is 16.5. The lowest BCUT2D eigenvalue weighted by molar-refractivity contribution is 0.0828. The van der Waals surface area contributed by atoms with Crippen LogP contribution in [0.3, 0.4) is 0 Å². The molecule has 0 atom stereocenters. The molecule has 0 spiro atoms. The minimum Gasteiger partial charge on any atom is -0.501 e. The fourth-order valence-electron chi connectivity index (χ4n) is 1.62. The number of fused-ring (bicyclic) bond motifs is 1. The first kappa shape index (κ1) is 10.4. The van der Waals surface area contributed by atoms with Crippen LogP contribution in [-0.2, 0) is 4.74 Å². The zero-order chi connectivity index (χ0) is 11.7. The van der Waals surface area contributed by atoms with E-state index in [0.717, 1.165) is 0 Å². The average molecular weight is 218 g/mol. The van der Waals surface area contributed by atoms with Gasteiger partial charge in [0.05, 0.1) is 6.61 Å². The highest BCUT2D eigenvalue weighted by Crippen LogP contribution is 2.25. The molecule has 4 nitrogen and oxygen atoms in total. The van der Waals surface area contributed by atoms with E-state index in [2.05, 4.69) is 0 Å². The molecule has 0 heterocycles. The van der Waals surface area contributed by atoms with Gasteiger partial charge in [0.25, 0.3) is 0 Å². The molecule has 1 N–H and O–H groups in total. The average Bonchev–Trinajstić information content (AvgIpc) is 2.32. The third-order valence-electron chi connectivity index (χ3n) is 2.34. The Morgan fingerprint density at radius 3 is 2.25 bits per heavy atom. The van der Waals surface area contributed by atoms with Gasteiger partial charge in [-0.25, -0.2) is 0 Å². The maximum absolute atomic E-state index is 11.9. The quantitative estimate of drug-likeness (QED) is 0.823. The summed E-state index contributed by atoms with van der Waals surface area (Å²) in [6, 6.07) is 6.36. The predicted molar refractivity (Wildman–Crippen MR) is 56.4 cm³/mol. The number of rotatable bonds is 2. The second-order valence-electron chi connectivity index (χ2n) is 3.31. The Balaban J connectivity index is 2.58. The van der Waals surface area contributed by atoms with Gasteiger partial charge in [0, 0.05) is 11.1 Å². The molecule has 0 aliphatic heterocycles. The largest absolute Gasteiger partial charge is 0.501 e.